The molecule has 0 radical (unpaired) electrons. The molecule has 3 N–H and O–H groups in total. The van der Waals surface area contributed by atoms with Gasteiger partial charge in [-0.1, -0.05) is 0 Å². The lowest BCUT2D eigenvalue weighted by Gasteiger charge is -2.36. The Morgan fingerprint density at radius 3 is 2.57 bits per heavy atom. The van der Waals surface area contributed by atoms with Gasteiger partial charge in [-0.2, -0.15) is 5.10 Å². The molecule has 5 rings (SSSR count). The maximum absolute atomic E-state index is 14.5. The number of nitrogens with zero attached hydrogens (tertiary/aromatic N) is 4. The minimum atomic E-state index is -1.32. The Morgan fingerprint density at radius 1 is 1.11 bits per heavy atom. The first-order chi connectivity index (χ1) is 16.3. The van der Waals surface area contributed by atoms with Crippen molar-refractivity contribution in [3.05, 3.63) is 65.5 Å². The first-order valence-corrected chi connectivity index (χ1v) is 11.3. The first-order valence-electron chi connectivity index (χ1n) is 11.3. The Kier molecular flexibility index (Phi) is 6.70. The maximum atomic E-state index is 14.5. The number of nitrogens with two attached hydrogens (primary N) is 1. The van der Waals surface area contributed by atoms with Gasteiger partial charge in [0, 0.05) is 37.1 Å². The summed E-state index contributed by atoms with van der Waals surface area (Å²) in [5.41, 5.74) is 6.72. The summed E-state index contributed by atoms with van der Waals surface area (Å²) in [6, 6.07) is 6.88. The highest BCUT2D eigenvalue weighted by molar-refractivity contribution is 6.01. The fourth-order valence-electron chi connectivity index (χ4n) is 4.98. The number of rotatable bonds is 4. The van der Waals surface area contributed by atoms with Crippen molar-refractivity contribution in [2.24, 2.45) is 5.73 Å². The summed E-state index contributed by atoms with van der Waals surface area (Å²) in [6.07, 6.45) is 5.10. The Morgan fingerprint density at radius 2 is 1.86 bits per heavy atom. The van der Waals surface area contributed by atoms with Gasteiger partial charge in [0.15, 0.2) is 0 Å². The summed E-state index contributed by atoms with van der Waals surface area (Å²) in [4.78, 5) is 28.3. The number of pyridine rings is 1. The number of halogens is 3. The third kappa shape index (κ3) is 4.43. The molecular formula is C24H26ClF2N5O3. The van der Waals surface area contributed by atoms with Crippen LogP contribution in [0, 0.1) is 11.6 Å². The standard InChI is InChI=1S/C24H25F2N5O3.ClH/c25-15-3-4-19(26)17(12-15)20-2-1-8-30(20)16-5-9-31-21(13-16)18(14-28-31)22(32)29-10-6-24(27,7-11-29)23(33)34;/h3-5,9,12-14,20H,1-2,6-8,10-11,27H2,(H,33,34);1H. The highest BCUT2D eigenvalue weighted by Crippen LogP contribution is 2.38. The highest BCUT2D eigenvalue weighted by atomic mass is 35.5. The van der Waals surface area contributed by atoms with Crippen LogP contribution in [0.4, 0.5) is 14.5 Å². The van der Waals surface area contributed by atoms with Crippen LogP contribution in [0.1, 0.15) is 47.6 Å². The molecular weight excluding hydrogens is 480 g/mol. The summed E-state index contributed by atoms with van der Waals surface area (Å²) in [6.45, 7) is 1.16. The second-order valence-corrected chi connectivity index (χ2v) is 9.04. The molecule has 1 aromatic carbocycles. The number of aromatic nitrogens is 2. The van der Waals surface area contributed by atoms with E-state index in [-0.39, 0.29) is 50.3 Å². The number of fused-ring (bicyclic) bond motifs is 1. The third-order valence-electron chi connectivity index (χ3n) is 7.01. The number of hydrogen-bond donors (Lipinski definition) is 2. The number of aliphatic carboxylic acids is 1. The van der Waals surface area contributed by atoms with Crippen LogP contribution >= 0.6 is 12.4 Å². The lowest BCUT2D eigenvalue weighted by molar-refractivity contribution is -0.145. The second-order valence-electron chi connectivity index (χ2n) is 9.04. The van der Waals surface area contributed by atoms with E-state index in [1.54, 1.807) is 15.6 Å². The zero-order valence-corrected chi connectivity index (χ0v) is 19.7. The van der Waals surface area contributed by atoms with Crippen LogP contribution in [0.2, 0.25) is 0 Å². The Hall–Kier alpha value is -3.24. The van der Waals surface area contributed by atoms with Crippen LogP contribution in [0.15, 0.2) is 42.7 Å². The van der Waals surface area contributed by atoms with Gasteiger partial charge < -0.3 is 20.6 Å². The summed E-state index contributed by atoms with van der Waals surface area (Å²) in [5.74, 6) is -2.22. The van der Waals surface area contributed by atoms with Gasteiger partial charge in [0.2, 0.25) is 0 Å². The predicted molar refractivity (Wildman–Crippen MR) is 128 cm³/mol. The molecule has 1 amide bonds. The van der Waals surface area contributed by atoms with E-state index in [4.69, 9.17) is 5.73 Å². The van der Waals surface area contributed by atoms with Crippen molar-refractivity contribution in [2.75, 3.05) is 24.5 Å². The molecule has 0 spiro atoms. The number of likely N-dealkylation sites (tertiary alicyclic amines) is 1. The molecule has 2 aromatic heterocycles. The monoisotopic (exact) mass is 505 g/mol. The minimum Gasteiger partial charge on any atom is -0.480 e. The van der Waals surface area contributed by atoms with Gasteiger partial charge >= 0.3 is 5.97 Å². The number of anilines is 1. The lowest BCUT2D eigenvalue weighted by atomic mass is 9.88. The van der Waals surface area contributed by atoms with Gasteiger partial charge in [-0.25, -0.2) is 13.3 Å². The molecule has 186 valence electrons. The number of carbonyl (C=O) groups excluding carboxylic acids is 1. The van der Waals surface area contributed by atoms with Gasteiger partial charge in [-0.15, -0.1) is 12.4 Å². The number of carboxylic acids is 1. The number of amides is 1. The molecule has 4 heterocycles. The van der Waals surface area contributed by atoms with Crippen molar-refractivity contribution in [3.63, 3.8) is 0 Å². The van der Waals surface area contributed by atoms with Crippen molar-refractivity contribution < 1.29 is 23.5 Å². The van der Waals surface area contributed by atoms with E-state index in [1.807, 2.05) is 17.0 Å². The fourth-order valence-corrected chi connectivity index (χ4v) is 4.98. The van der Waals surface area contributed by atoms with Crippen molar-refractivity contribution in [3.8, 4) is 0 Å². The van der Waals surface area contributed by atoms with Crippen LogP contribution in [0.25, 0.3) is 5.52 Å². The van der Waals surface area contributed by atoms with Crippen LogP contribution < -0.4 is 10.6 Å². The Balaban J connectivity index is 0.00000289. The lowest BCUT2D eigenvalue weighted by Crippen LogP contribution is -2.56. The number of benzene rings is 1. The van der Waals surface area contributed by atoms with Gasteiger partial charge in [-0.05, 0) is 56.0 Å². The molecule has 0 aliphatic carbocycles. The number of hydrogen-bond acceptors (Lipinski definition) is 5. The normalized spacial score (nSPS) is 19.6. The zero-order chi connectivity index (χ0) is 24.0. The van der Waals surface area contributed by atoms with Crippen molar-refractivity contribution in [1.82, 2.24) is 14.5 Å². The van der Waals surface area contributed by atoms with Crippen molar-refractivity contribution in [2.45, 2.75) is 37.3 Å². The molecule has 1 atom stereocenters. The van der Waals surface area contributed by atoms with E-state index >= 15 is 0 Å². The highest BCUT2D eigenvalue weighted by Gasteiger charge is 2.39. The number of carbonyl (C=O) groups is 2. The number of carboxylic acid groups (broad SMARTS) is 1. The molecule has 8 nitrogen and oxygen atoms in total. The zero-order valence-electron chi connectivity index (χ0n) is 18.9. The van der Waals surface area contributed by atoms with E-state index in [9.17, 15) is 23.5 Å². The molecule has 0 saturated carbocycles. The molecule has 1 unspecified atom stereocenters. The molecule has 0 bridgehead atoms. The van der Waals surface area contributed by atoms with E-state index in [2.05, 4.69) is 5.10 Å². The molecule has 3 aromatic rings. The first kappa shape index (κ1) is 24.9. The van der Waals surface area contributed by atoms with Gasteiger partial charge in [-0.3, -0.25) is 9.59 Å². The Bertz CT molecular complexity index is 1280. The largest absolute Gasteiger partial charge is 0.480 e. The third-order valence-corrected chi connectivity index (χ3v) is 7.01. The fraction of sp³-hybridized carbons (Fsp3) is 0.375. The summed E-state index contributed by atoms with van der Waals surface area (Å²) >= 11 is 0. The van der Waals surface area contributed by atoms with E-state index in [0.29, 0.717) is 29.6 Å². The Labute approximate surface area is 206 Å². The quantitative estimate of drug-likeness (QED) is 0.563. The van der Waals surface area contributed by atoms with Crippen LogP contribution in [-0.2, 0) is 4.79 Å². The van der Waals surface area contributed by atoms with Crippen LogP contribution in [-0.4, -0.2) is 56.7 Å². The summed E-state index contributed by atoms with van der Waals surface area (Å²) < 4.78 is 29.9. The molecule has 2 saturated heterocycles. The summed E-state index contributed by atoms with van der Waals surface area (Å²) in [5, 5.41) is 13.6. The minimum absolute atomic E-state index is 0. The van der Waals surface area contributed by atoms with Crippen LogP contribution in [0.5, 0.6) is 0 Å². The topological polar surface area (TPSA) is 104 Å². The van der Waals surface area contributed by atoms with Gasteiger partial charge in [0.1, 0.15) is 17.2 Å². The number of piperidine rings is 1. The van der Waals surface area contributed by atoms with Gasteiger partial charge in [0.05, 0.1) is 23.3 Å². The summed E-state index contributed by atoms with van der Waals surface area (Å²) in [7, 11) is 0. The average molecular weight is 506 g/mol. The van der Waals surface area contributed by atoms with Crippen molar-refractivity contribution in [1.29, 1.82) is 0 Å². The van der Waals surface area contributed by atoms with E-state index in [0.717, 1.165) is 24.2 Å². The maximum Gasteiger partial charge on any atom is 0.323 e. The molecule has 2 aliphatic rings. The van der Waals surface area contributed by atoms with Crippen molar-refractivity contribution >= 4 is 35.5 Å². The smallest absolute Gasteiger partial charge is 0.323 e. The molecule has 2 aliphatic heterocycles. The second kappa shape index (κ2) is 9.43. The molecule has 35 heavy (non-hydrogen) atoms. The van der Waals surface area contributed by atoms with Crippen LogP contribution in [0.3, 0.4) is 0 Å². The molecule has 2 fully saturated rings. The SMILES string of the molecule is Cl.NC1(C(=O)O)CCN(C(=O)c2cnn3ccc(N4CCCC4c4cc(F)ccc4F)cc23)CC1. The van der Waals surface area contributed by atoms with Gasteiger partial charge in [0.25, 0.3) is 5.91 Å². The predicted octanol–water partition coefficient (Wildman–Crippen LogP) is 3.39. The van der Waals surface area contributed by atoms with E-state index < -0.39 is 23.1 Å². The average Bonchev–Trinajstić information content (AvgIpc) is 3.47. The van der Waals surface area contributed by atoms with E-state index in [1.165, 1.54) is 12.3 Å². The molecule has 11 heteroatoms.